The number of hydrogen-bond donors (Lipinski definition) is 1. The van der Waals surface area contributed by atoms with Gasteiger partial charge in [-0.1, -0.05) is 18.2 Å². The monoisotopic (exact) mass is 368 g/mol. The molecule has 1 amide bonds. The number of rotatable bonds is 6. The summed E-state index contributed by atoms with van der Waals surface area (Å²) in [5.41, 5.74) is 3.33. The molecule has 6 heteroatoms. The first-order valence-corrected chi connectivity index (χ1v) is 9.35. The number of amides is 1. The average molecular weight is 368 g/mol. The highest BCUT2D eigenvalue weighted by molar-refractivity contribution is 5.78. The molecule has 2 aliphatic rings. The number of nitrogens with one attached hydrogen (secondary N) is 1. The Morgan fingerprint density at radius 2 is 1.70 bits per heavy atom. The molecule has 6 nitrogen and oxygen atoms in total. The van der Waals surface area contributed by atoms with Crippen LogP contribution in [0.4, 0.5) is 5.69 Å². The van der Waals surface area contributed by atoms with Gasteiger partial charge in [0.1, 0.15) is 0 Å². The normalized spacial score (nSPS) is 15.6. The van der Waals surface area contributed by atoms with Crippen molar-refractivity contribution >= 4 is 11.6 Å². The standard InChI is InChI=1S/C21H24N2O4/c24-21(22-8-7-17-3-6-19-20(13-17)27-15-26-19)14-16-1-4-18(5-2-16)23-9-11-25-12-10-23/h1-6,13H,7-12,14-15H2,(H,22,24). The second kappa shape index (κ2) is 8.31. The third-order valence-corrected chi connectivity index (χ3v) is 4.85. The number of hydrogen-bond acceptors (Lipinski definition) is 5. The number of morpholine rings is 1. The van der Waals surface area contributed by atoms with E-state index in [0.717, 1.165) is 55.4 Å². The number of fused-ring (bicyclic) bond motifs is 1. The van der Waals surface area contributed by atoms with Gasteiger partial charge in [0, 0.05) is 25.3 Å². The second-order valence-electron chi connectivity index (χ2n) is 6.73. The molecule has 27 heavy (non-hydrogen) atoms. The molecule has 4 rings (SSSR count). The summed E-state index contributed by atoms with van der Waals surface area (Å²) < 4.78 is 16.1. The van der Waals surface area contributed by atoms with Crippen LogP contribution in [-0.2, 0) is 22.4 Å². The maximum atomic E-state index is 12.2. The van der Waals surface area contributed by atoms with Gasteiger partial charge in [-0.25, -0.2) is 0 Å². The minimum Gasteiger partial charge on any atom is -0.454 e. The third kappa shape index (κ3) is 4.52. The predicted octanol–water partition coefficient (Wildman–Crippen LogP) is 2.15. The van der Waals surface area contributed by atoms with Gasteiger partial charge in [-0.3, -0.25) is 4.79 Å². The summed E-state index contributed by atoms with van der Waals surface area (Å²) in [6.07, 6.45) is 1.16. The van der Waals surface area contributed by atoms with Gasteiger partial charge < -0.3 is 24.4 Å². The van der Waals surface area contributed by atoms with E-state index >= 15 is 0 Å². The highest BCUT2D eigenvalue weighted by Gasteiger charge is 2.13. The van der Waals surface area contributed by atoms with Crippen LogP contribution >= 0.6 is 0 Å². The largest absolute Gasteiger partial charge is 0.454 e. The summed E-state index contributed by atoms with van der Waals surface area (Å²) >= 11 is 0. The number of anilines is 1. The fourth-order valence-electron chi connectivity index (χ4n) is 3.34. The van der Waals surface area contributed by atoms with Crippen LogP contribution < -0.4 is 19.7 Å². The highest BCUT2D eigenvalue weighted by Crippen LogP contribution is 2.32. The lowest BCUT2D eigenvalue weighted by Crippen LogP contribution is -2.36. The number of carbonyl (C=O) groups is 1. The van der Waals surface area contributed by atoms with Crippen LogP contribution in [0.1, 0.15) is 11.1 Å². The fraction of sp³-hybridized carbons (Fsp3) is 0.381. The van der Waals surface area contributed by atoms with Crippen LogP contribution in [-0.4, -0.2) is 45.5 Å². The molecule has 2 aromatic rings. The lowest BCUT2D eigenvalue weighted by Gasteiger charge is -2.28. The van der Waals surface area contributed by atoms with Crippen molar-refractivity contribution in [1.82, 2.24) is 5.32 Å². The zero-order chi connectivity index (χ0) is 18.5. The van der Waals surface area contributed by atoms with Crippen molar-refractivity contribution < 1.29 is 19.0 Å². The Morgan fingerprint density at radius 3 is 2.52 bits per heavy atom. The lowest BCUT2D eigenvalue weighted by atomic mass is 10.1. The molecule has 0 bridgehead atoms. The van der Waals surface area contributed by atoms with Crippen molar-refractivity contribution in [2.45, 2.75) is 12.8 Å². The molecule has 0 spiro atoms. The number of carbonyl (C=O) groups excluding carboxylic acids is 1. The maximum Gasteiger partial charge on any atom is 0.231 e. The van der Waals surface area contributed by atoms with Crippen LogP contribution in [0.2, 0.25) is 0 Å². The van der Waals surface area contributed by atoms with Crippen molar-refractivity contribution in [2.75, 3.05) is 44.5 Å². The van der Waals surface area contributed by atoms with E-state index in [0.29, 0.717) is 13.0 Å². The Balaban J connectivity index is 1.23. The van der Waals surface area contributed by atoms with Crippen molar-refractivity contribution in [3.05, 3.63) is 53.6 Å². The van der Waals surface area contributed by atoms with Gasteiger partial charge in [0.25, 0.3) is 0 Å². The van der Waals surface area contributed by atoms with E-state index in [1.165, 1.54) is 5.69 Å². The Kier molecular flexibility index (Phi) is 5.44. The smallest absolute Gasteiger partial charge is 0.231 e. The number of benzene rings is 2. The fourth-order valence-corrected chi connectivity index (χ4v) is 3.34. The first kappa shape index (κ1) is 17.7. The van der Waals surface area contributed by atoms with Crippen molar-refractivity contribution in [3.63, 3.8) is 0 Å². The lowest BCUT2D eigenvalue weighted by molar-refractivity contribution is -0.120. The van der Waals surface area contributed by atoms with Gasteiger partial charge >= 0.3 is 0 Å². The van der Waals surface area contributed by atoms with E-state index in [-0.39, 0.29) is 12.7 Å². The first-order valence-electron chi connectivity index (χ1n) is 9.35. The molecule has 0 unspecified atom stereocenters. The maximum absolute atomic E-state index is 12.2. The van der Waals surface area contributed by atoms with E-state index in [1.807, 2.05) is 30.3 Å². The molecule has 1 fully saturated rings. The van der Waals surface area contributed by atoms with E-state index in [2.05, 4.69) is 22.3 Å². The summed E-state index contributed by atoms with van der Waals surface area (Å²) in [6, 6.07) is 14.1. The Bertz CT molecular complexity index is 785. The van der Waals surface area contributed by atoms with Crippen molar-refractivity contribution in [1.29, 1.82) is 0 Å². The quantitative estimate of drug-likeness (QED) is 0.847. The van der Waals surface area contributed by atoms with Crippen LogP contribution in [0.15, 0.2) is 42.5 Å². The molecular weight excluding hydrogens is 344 g/mol. The van der Waals surface area contributed by atoms with Gasteiger partial charge in [0.2, 0.25) is 12.7 Å². The molecule has 0 saturated carbocycles. The first-order chi connectivity index (χ1) is 13.3. The van der Waals surface area contributed by atoms with E-state index in [9.17, 15) is 4.79 Å². The zero-order valence-corrected chi connectivity index (χ0v) is 15.3. The SMILES string of the molecule is O=C(Cc1ccc(N2CCOCC2)cc1)NCCc1ccc2c(c1)OCO2. The van der Waals surface area contributed by atoms with Crippen LogP contribution in [0, 0.1) is 0 Å². The minimum absolute atomic E-state index is 0.0369. The average Bonchev–Trinajstić information content (AvgIpc) is 3.17. The van der Waals surface area contributed by atoms with Crippen LogP contribution in [0.3, 0.4) is 0 Å². The summed E-state index contributed by atoms with van der Waals surface area (Å²) in [7, 11) is 0. The Morgan fingerprint density at radius 1 is 0.963 bits per heavy atom. The minimum atomic E-state index is 0.0369. The van der Waals surface area contributed by atoms with E-state index in [4.69, 9.17) is 14.2 Å². The second-order valence-corrected chi connectivity index (χ2v) is 6.73. The molecule has 1 saturated heterocycles. The third-order valence-electron chi connectivity index (χ3n) is 4.85. The molecule has 2 aromatic carbocycles. The molecular formula is C21H24N2O4. The molecule has 142 valence electrons. The predicted molar refractivity (Wildman–Crippen MR) is 102 cm³/mol. The van der Waals surface area contributed by atoms with Gasteiger partial charge in [-0.15, -0.1) is 0 Å². The highest BCUT2D eigenvalue weighted by atomic mass is 16.7. The van der Waals surface area contributed by atoms with E-state index < -0.39 is 0 Å². The zero-order valence-electron chi connectivity index (χ0n) is 15.3. The Labute approximate surface area is 159 Å². The molecule has 2 heterocycles. The molecule has 0 atom stereocenters. The van der Waals surface area contributed by atoms with E-state index in [1.54, 1.807) is 0 Å². The summed E-state index contributed by atoms with van der Waals surface area (Å²) in [6.45, 7) is 4.25. The van der Waals surface area contributed by atoms with Gasteiger partial charge in [0.05, 0.1) is 19.6 Å². The molecule has 0 aliphatic carbocycles. The van der Waals surface area contributed by atoms with Gasteiger partial charge in [0.15, 0.2) is 11.5 Å². The van der Waals surface area contributed by atoms with Crippen molar-refractivity contribution in [3.8, 4) is 11.5 Å². The van der Waals surface area contributed by atoms with Gasteiger partial charge in [-0.2, -0.15) is 0 Å². The molecule has 0 radical (unpaired) electrons. The summed E-state index contributed by atoms with van der Waals surface area (Å²) in [4.78, 5) is 14.5. The van der Waals surface area contributed by atoms with Crippen LogP contribution in [0.25, 0.3) is 0 Å². The van der Waals surface area contributed by atoms with Crippen molar-refractivity contribution in [2.24, 2.45) is 0 Å². The Hall–Kier alpha value is -2.73. The van der Waals surface area contributed by atoms with Crippen LogP contribution in [0.5, 0.6) is 11.5 Å². The van der Waals surface area contributed by atoms with Gasteiger partial charge in [-0.05, 0) is 41.8 Å². The molecule has 1 N–H and O–H groups in total. The summed E-state index contributed by atoms with van der Waals surface area (Å²) in [5, 5.41) is 2.99. The molecule has 0 aromatic heterocycles. The number of nitrogens with zero attached hydrogens (tertiary/aromatic N) is 1. The topological polar surface area (TPSA) is 60.0 Å². The molecule has 2 aliphatic heterocycles. The summed E-state index contributed by atoms with van der Waals surface area (Å²) in [5.74, 6) is 1.59. The number of ether oxygens (including phenoxy) is 3.